The second-order valence-corrected chi connectivity index (χ2v) is 5.12. The summed E-state index contributed by atoms with van der Waals surface area (Å²) in [6, 6.07) is 1.49. The summed E-state index contributed by atoms with van der Waals surface area (Å²) in [5, 5.41) is 10.2. The van der Waals surface area contributed by atoms with Crippen LogP contribution in [-0.4, -0.2) is 22.1 Å². The third kappa shape index (κ3) is 4.48. The molecule has 0 radical (unpaired) electrons. The number of hydrogen-bond acceptors (Lipinski definition) is 3. The largest absolute Gasteiger partial charge is 0.349 e. The highest BCUT2D eigenvalue weighted by Gasteiger charge is 2.15. The molecule has 17 heavy (non-hydrogen) atoms. The monoisotopic (exact) mass is 275 g/mol. The van der Waals surface area contributed by atoms with E-state index in [0.717, 1.165) is 6.42 Å². The maximum atomic E-state index is 11.9. The third-order valence-corrected chi connectivity index (χ3v) is 2.63. The van der Waals surface area contributed by atoms with Gasteiger partial charge in [-0.3, -0.25) is 4.79 Å². The van der Waals surface area contributed by atoms with E-state index >= 15 is 0 Å². The van der Waals surface area contributed by atoms with E-state index in [2.05, 4.69) is 29.4 Å². The van der Waals surface area contributed by atoms with Crippen molar-refractivity contribution >= 4 is 29.1 Å². The Morgan fingerprint density at radius 1 is 1.35 bits per heavy atom. The van der Waals surface area contributed by atoms with Gasteiger partial charge in [0.15, 0.2) is 10.3 Å². The highest BCUT2D eigenvalue weighted by atomic mass is 35.5. The van der Waals surface area contributed by atoms with Crippen molar-refractivity contribution in [2.75, 3.05) is 0 Å². The molecule has 0 bridgehead atoms. The van der Waals surface area contributed by atoms with Gasteiger partial charge in [0.25, 0.3) is 5.91 Å². The number of aromatic nitrogens is 2. The average molecular weight is 276 g/mol. The first kappa shape index (κ1) is 14.2. The fourth-order valence-electron chi connectivity index (χ4n) is 1.58. The standard InChI is InChI=1S/C11H15Cl2N3O/c1-6(2)4-7(3)14-11(17)8-5-9(12)15-16-10(8)13/h5-7H,4H2,1-3H3,(H,14,17). The molecule has 1 unspecified atom stereocenters. The molecule has 1 N–H and O–H groups in total. The summed E-state index contributed by atoms with van der Waals surface area (Å²) in [5.41, 5.74) is 0.252. The normalized spacial score (nSPS) is 12.6. The molecule has 0 saturated heterocycles. The molecular formula is C11H15Cl2N3O. The van der Waals surface area contributed by atoms with Gasteiger partial charge in [0.05, 0.1) is 5.56 Å². The van der Waals surface area contributed by atoms with E-state index < -0.39 is 0 Å². The number of halogens is 2. The van der Waals surface area contributed by atoms with Gasteiger partial charge in [-0.15, -0.1) is 10.2 Å². The van der Waals surface area contributed by atoms with E-state index in [4.69, 9.17) is 23.2 Å². The van der Waals surface area contributed by atoms with Crippen molar-refractivity contribution in [1.82, 2.24) is 15.5 Å². The maximum absolute atomic E-state index is 11.9. The lowest BCUT2D eigenvalue weighted by molar-refractivity contribution is 0.0935. The second-order valence-electron chi connectivity index (χ2n) is 4.38. The first-order valence-electron chi connectivity index (χ1n) is 5.39. The van der Waals surface area contributed by atoms with Crippen LogP contribution in [0.15, 0.2) is 6.07 Å². The summed E-state index contributed by atoms with van der Waals surface area (Å²) in [5.74, 6) is 0.236. The maximum Gasteiger partial charge on any atom is 0.254 e. The van der Waals surface area contributed by atoms with Crippen molar-refractivity contribution in [3.63, 3.8) is 0 Å². The molecule has 1 aromatic rings. The molecular weight excluding hydrogens is 261 g/mol. The summed E-state index contributed by atoms with van der Waals surface area (Å²) in [6.45, 7) is 6.14. The lowest BCUT2D eigenvalue weighted by atomic mass is 10.1. The summed E-state index contributed by atoms with van der Waals surface area (Å²) < 4.78 is 0. The zero-order valence-corrected chi connectivity index (χ0v) is 11.5. The molecule has 1 heterocycles. The van der Waals surface area contributed by atoms with Crippen molar-refractivity contribution in [3.05, 3.63) is 21.9 Å². The van der Waals surface area contributed by atoms with E-state index in [1.807, 2.05) is 6.92 Å². The molecule has 0 aliphatic rings. The number of nitrogens with zero attached hydrogens (tertiary/aromatic N) is 2. The molecule has 0 aliphatic heterocycles. The Labute approximate surface area is 111 Å². The predicted octanol–water partition coefficient (Wildman–Crippen LogP) is 2.95. The highest BCUT2D eigenvalue weighted by molar-refractivity contribution is 6.34. The quantitative estimate of drug-likeness (QED) is 0.919. The first-order chi connectivity index (χ1) is 7.90. The number of carbonyl (C=O) groups excluding carboxylic acids is 1. The summed E-state index contributed by atoms with van der Waals surface area (Å²) in [6.07, 6.45) is 0.898. The van der Waals surface area contributed by atoms with Gasteiger partial charge in [0, 0.05) is 6.04 Å². The molecule has 0 spiro atoms. The van der Waals surface area contributed by atoms with Crippen molar-refractivity contribution in [2.45, 2.75) is 33.2 Å². The Morgan fingerprint density at radius 3 is 2.59 bits per heavy atom. The Balaban J connectivity index is 2.73. The van der Waals surface area contributed by atoms with E-state index in [0.29, 0.717) is 5.92 Å². The van der Waals surface area contributed by atoms with Gasteiger partial charge in [-0.1, -0.05) is 37.0 Å². The van der Waals surface area contributed by atoms with E-state index in [1.54, 1.807) is 0 Å². The van der Waals surface area contributed by atoms with Crippen molar-refractivity contribution < 1.29 is 4.79 Å². The molecule has 6 heteroatoms. The summed E-state index contributed by atoms with van der Waals surface area (Å²) in [4.78, 5) is 11.9. The Morgan fingerprint density at radius 2 is 2.00 bits per heavy atom. The predicted molar refractivity (Wildman–Crippen MR) is 68.4 cm³/mol. The van der Waals surface area contributed by atoms with Gasteiger partial charge < -0.3 is 5.32 Å². The topological polar surface area (TPSA) is 54.9 Å². The molecule has 0 aliphatic carbocycles. The number of amides is 1. The fraction of sp³-hybridized carbons (Fsp3) is 0.545. The lowest BCUT2D eigenvalue weighted by Crippen LogP contribution is -2.33. The Bertz CT molecular complexity index is 410. The molecule has 1 rings (SSSR count). The van der Waals surface area contributed by atoms with Crippen LogP contribution in [0.3, 0.4) is 0 Å². The molecule has 0 fully saturated rings. The summed E-state index contributed by atoms with van der Waals surface area (Å²) >= 11 is 11.5. The van der Waals surface area contributed by atoms with E-state index in [-0.39, 0.29) is 27.8 Å². The van der Waals surface area contributed by atoms with Crippen LogP contribution in [0.25, 0.3) is 0 Å². The minimum atomic E-state index is -0.278. The van der Waals surface area contributed by atoms with Crippen LogP contribution >= 0.6 is 23.2 Å². The molecule has 1 amide bonds. The van der Waals surface area contributed by atoms with Crippen LogP contribution in [0, 0.1) is 5.92 Å². The van der Waals surface area contributed by atoms with Gasteiger partial charge in [0.2, 0.25) is 0 Å². The molecule has 4 nitrogen and oxygen atoms in total. The fourth-order valence-corrected chi connectivity index (χ4v) is 1.90. The van der Waals surface area contributed by atoms with Gasteiger partial charge in [-0.2, -0.15) is 0 Å². The zero-order chi connectivity index (χ0) is 13.0. The zero-order valence-electron chi connectivity index (χ0n) is 10.00. The van der Waals surface area contributed by atoms with Crippen LogP contribution in [0.4, 0.5) is 0 Å². The van der Waals surface area contributed by atoms with Crippen LogP contribution in [0.1, 0.15) is 37.6 Å². The van der Waals surface area contributed by atoms with E-state index in [1.165, 1.54) is 6.07 Å². The number of nitrogens with one attached hydrogen (secondary N) is 1. The Kier molecular flexibility index (Phi) is 5.15. The van der Waals surface area contributed by atoms with Gasteiger partial charge in [-0.25, -0.2) is 0 Å². The molecule has 0 aromatic carbocycles. The highest BCUT2D eigenvalue weighted by Crippen LogP contribution is 2.15. The van der Waals surface area contributed by atoms with Gasteiger partial charge >= 0.3 is 0 Å². The summed E-state index contributed by atoms with van der Waals surface area (Å²) in [7, 11) is 0. The van der Waals surface area contributed by atoms with Crippen LogP contribution in [0.5, 0.6) is 0 Å². The van der Waals surface area contributed by atoms with Crippen molar-refractivity contribution in [1.29, 1.82) is 0 Å². The van der Waals surface area contributed by atoms with Crippen LogP contribution < -0.4 is 5.32 Å². The molecule has 0 saturated carbocycles. The number of rotatable bonds is 4. The molecule has 94 valence electrons. The Hall–Kier alpha value is -0.870. The number of hydrogen-bond donors (Lipinski definition) is 1. The van der Waals surface area contributed by atoms with E-state index in [9.17, 15) is 4.79 Å². The van der Waals surface area contributed by atoms with Gasteiger partial charge in [-0.05, 0) is 25.3 Å². The lowest BCUT2D eigenvalue weighted by Gasteiger charge is -2.16. The smallest absolute Gasteiger partial charge is 0.254 e. The van der Waals surface area contributed by atoms with Crippen LogP contribution in [0.2, 0.25) is 10.3 Å². The number of carbonyl (C=O) groups is 1. The SMILES string of the molecule is CC(C)CC(C)NC(=O)c1cc(Cl)nnc1Cl. The van der Waals surface area contributed by atoms with Crippen LogP contribution in [-0.2, 0) is 0 Å². The second kappa shape index (κ2) is 6.17. The van der Waals surface area contributed by atoms with Gasteiger partial charge in [0.1, 0.15) is 0 Å². The first-order valence-corrected chi connectivity index (χ1v) is 6.15. The minimum Gasteiger partial charge on any atom is -0.349 e. The molecule has 1 atom stereocenters. The average Bonchev–Trinajstić information content (AvgIpc) is 2.20. The molecule has 1 aromatic heterocycles. The minimum absolute atomic E-state index is 0.0589. The van der Waals surface area contributed by atoms with Crippen molar-refractivity contribution in [3.8, 4) is 0 Å². The van der Waals surface area contributed by atoms with Crippen molar-refractivity contribution in [2.24, 2.45) is 5.92 Å². The third-order valence-electron chi connectivity index (χ3n) is 2.17.